The van der Waals surface area contributed by atoms with Gasteiger partial charge < -0.3 is 9.07 Å². The molecule has 1 heterocycles. The van der Waals surface area contributed by atoms with Gasteiger partial charge in [0.05, 0.1) is 5.60 Å². The van der Waals surface area contributed by atoms with Crippen molar-refractivity contribution in [1.82, 2.24) is 0 Å². The molecule has 0 fully saturated rings. The molecular formula is C32H30BO2P. The van der Waals surface area contributed by atoms with Gasteiger partial charge in [0, 0.05) is 15.9 Å². The van der Waals surface area contributed by atoms with Gasteiger partial charge in [-0.25, -0.2) is 0 Å². The standard InChI is InChI=1S/C32H30BO2P/c1-31(2,32(3,4)36)35-33-24-13-14-26-22(16-24)10-7-11-25(26)23-12-15-29-27(18-23)28-17-20-8-5-6-9-21(20)19-30(28)34-29/h5-19,33H,36H2,1-4H3. The maximum absolute atomic E-state index is 6.32. The van der Waals surface area contributed by atoms with Gasteiger partial charge in [-0.05, 0) is 70.8 Å². The molecule has 1 unspecified atom stereocenters. The van der Waals surface area contributed by atoms with E-state index in [1.807, 2.05) is 0 Å². The van der Waals surface area contributed by atoms with Crippen LogP contribution in [-0.4, -0.2) is 18.2 Å². The molecule has 0 N–H and O–H groups in total. The predicted octanol–water partition coefficient (Wildman–Crippen LogP) is 7.99. The molecule has 0 bridgehead atoms. The van der Waals surface area contributed by atoms with Crippen LogP contribution in [0.4, 0.5) is 0 Å². The van der Waals surface area contributed by atoms with Crippen molar-refractivity contribution in [3.63, 3.8) is 0 Å². The highest BCUT2D eigenvalue weighted by Crippen LogP contribution is 2.37. The summed E-state index contributed by atoms with van der Waals surface area (Å²) in [5.41, 5.74) is 5.21. The molecule has 6 aromatic rings. The number of hydrogen-bond donors (Lipinski definition) is 0. The van der Waals surface area contributed by atoms with E-state index in [-0.39, 0.29) is 10.8 Å². The second-order valence-electron chi connectivity index (χ2n) is 10.9. The van der Waals surface area contributed by atoms with Gasteiger partial charge in [-0.3, -0.25) is 0 Å². The quantitative estimate of drug-likeness (QED) is 0.181. The highest BCUT2D eigenvalue weighted by atomic mass is 31.0. The van der Waals surface area contributed by atoms with Gasteiger partial charge in [0.2, 0.25) is 0 Å². The minimum Gasteiger partial charge on any atom is -0.456 e. The maximum atomic E-state index is 6.32. The first kappa shape index (κ1) is 23.3. The van der Waals surface area contributed by atoms with E-state index in [1.54, 1.807) is 0 Å². The van der Waals surface area contributed by atoms with Crippen molar-refractivity contribution in [2.24, 2.45) is 0 Å². The van der Waals surface area contributed by atoms with Crippen LogP contribution in [0.25, 0.3) is 54.6 Å². The smallest absolute Gasteiger partial charge is 0.309 e. The van der Waals surface area contributed by atoms with Gasteiger partial charge in [0.1, 0.15) is 11.2 Å². The molecule has 0 aliphatic carbocycles. The van der Waals surface area contributed by atoms with Crippen molar-refractivity contribution >= 4 is 65.7 Å². The van der Waals surface area contributed by atoms with Gasteiger partial charge in [-0.2, -0.15) is 0 Å². The molecule has 178 valence electrons. The third kappa shape index (κ3) is 4.01. The number of fused-ring (bicyclic) bond motifs is 5. The van der Waals surface area contributed by atoms with Crippen LogP contribution in [0.1, 0.15) is 27.7 Å². The molecule has 4 heteroatoms. The lowest BCUT2D eigenvalue weighted by atomic mass is 9.82. The minimum atomic E-state index is -0.247. The van der Waals surface area contributed by atoms with Gasteiger partial charge in [-0.1, -0.05) is 86.0 Å². The van der Waals surface area contributed by atoms with E-state index in [9.17, 15) is 0 Å². The van der Waals surface area contributed by atoms with Crippen molar-refractivity contribution < 1.29 is 9.07 Å². The summed E-state index contributed by atoms with van der Waals surface area (Å²) in [6.45, 7) is 8.68. The zero-order chi connectivity index (χ0) is 25.1. The lowest BCUT2D eigenvalue weighted by molar-refractivity contribution is 0.0841. The van der Waals surface area contributed by atoms with Crippen LogP contribution in [0.2, 0.25) is 0 Å². The molecular weight excluding hydrogens is 458 g/mol. The molecule has 6 rings (SSSR count). The van der Waals surface area contributed by atoms with Crippen molar-refractivity contribution in [2.75, 3.05) is 0 Å². The molecule has 0 radical (unpaired) electrons. The number of rotatable bonds is 5. The van der Waals surface area contributed by atoms with E-state index in [0.717, 1.165) is 21.9 Å². The third-order valence-corrected chi connectivity index (χ3v) is 8.44. The van der Waals surface area contributed by atoms with Gasteiger partial charge in [-0.15, -0.1) is 9.24 Å². The third-order valence-electron chi connectivity index (χ3n) is 7.74. The van der Waals surface area contributed by atoms with E-state index in [1.165, 1.54) is 38.1 Å². The van der Waals surface area contributed by atoms with Crippen LogP contribution in [0.5, 0.6) is 0 Å². The van der Waals surface area contributed by atoms with E-state index >= 15 is 0 Å². The summed E-state index contributed by atoms with van der Waals surface area (Å²) in [4.78, 5) is 0. The Bertz CT molecular complexity index is 1760. The first-order chi connectivity index (χ1) is 17.2. The first-order valence-corrected chi connectivity index (χ1v) is 13.1. The Hall–Kier alpha value is -3.13. The van der Waals surface area contributed by atoms with E-state index in [4.69, 9.17) is 9.07 Å². The summed E-state index contributed by atoms with van der Waals surface area (Å²) in [6.07, 6.45) is 0. The van der Waals surface area contributed by atoms with Gasteiger partial charge in [0.25, 0.3) is 0 Å². The summed E-state index contributed by atoms with van der Waals surface area (Å²) in [7, 11) is 3.50. The highest BCUT2D eigenvalue weighted by Gasteiger charge is 2.33. The fourth-order valence-corrected chi connectivity index (χ4v) is 4.84. The summed E-state index contributed by atoms with van der Waals surface area (Å²) in [5.74, 6) is 0. The molecule has 0 amide bonds. The molecule has 1 atom stereocenters. The molecule has 0 saturated carbocycles. The van der Waals surface area contributed by atoms with Gasteiger partial charge >= 0.3 is 7.48 Å². The summed E-state index contributed by atoms with van der Waals surface area (Å²) in [5, 5.41) is 7.18. The Morgan fingerprint density at radius 3 is 2.17 bits per heavy atom. The van der Waals surface area contributed by atoms with Crippen LogP contribution in [0.15, 0.2) is 95.4 Å². The summed E-state index contributed by atoms with van der Waals surface area (Å²) >= 11 is 0. The second-order valence-corrected chi connectivity index (χ2v) is 12.3. The second kappa shape index (κ2) is 8.48. The molecule has 0 aliphatic heterocycles. The lowest BCUT2D eigenvalue weighted by Crippen LogP contribution is -2.45. The molecule has 5 aromatic carbocycles. The maximum Gasteiger partial charge on any atom is 0.309 e. The monoisotopic (exact) mass is 488 g/mol. The molecule has 0 spiro atoms. The average molecular weight is 488 g/mol. The number of hydrogen-bond acceptors (Lipinski definition) is 2. The van der Waals surface area contributed by atoms with Crippen molar-refractivity contribution in [1.29, 1.82) is 0 Å². The Labute approximate surface area is 215 Å². The normalized spacial score (nSPS) is 12.7. The summed E-state index contributed by atoms with van der Waals surface area (Å²) in [6, 6.07) is 32.6. The largest absolute Gasteiger partial charge is 0.456 e. The Morgan fingerprint density at radius 1 is 0.667 bits per heavy atom. The van der Waals surface area contributed by atoms with Crippen LogP contribution >= 0.6 is 9.24 Å². The van der Waals surface area contributed by atoms with Crippen LogP contribution in [-0.2, 0) is 4.65 Å². The first-order valence-electron chi connectivity index (χ1n) is 12.5. The fraction of sp³-hybridized carbons (Fsp3) is 0.188. The van der Waals surface area contributed by atoms with Crippen LogP contribution in [0, 0.1) is 0 Å². The number of furan rings is 1. The Morgan fingerprint density at radius 2 is 1.39 bits per heavy atom. The Balaban J connectivity index is 1.40. The topological polar surface area (TPSA) is 22.4 Å². The zero-order valence-corrected chi connectivity index (χ0v) is 22.4. The Kier molecular flexibility index (Phi) is 5.48. The molecule has 2 nitrogen and oxygen atoms in total. The highest BCUT2D eigenvalue weighted by molar-refractivity contribution is 7.19. The van der Waals surface area contributed by atoms with Crippen LogP contribution < -0.4 is 5.46 Å². The lowest BCUT2D eigenvalue weighted by Gasteiger charge is -2.39. The van der Waals surface area contributed by atoms with E-state index in [2.05, 4.69) is 128 Å². The predicted molar refractivity (Wildman–Crippen MR) is 160 cm³/mol. The molecule has 1 aromatic heterocycles. The molecule has 0 aliphatic rings. The van der Waals surface area contributed by atoms with Crippen LogP contribution in [0.3, 0.4) is 0 Å². The molecule has 36 heavy (non-hydrogen) atoms. The SMILES string of the molecule is CC(C)(P)C(C)(C)OBc1ccc2c(-c3ccc4oc5cc6ccccc6cc5c4c3)cccc2c1. The minimum absolute atomic E-state index is 0.0147. The van der Waals surface area contributed by atoms with Crippen molar-refractivity contribution in [2.45, 2.75) is 38.5 Å². The van der Waals surface area contributed by atoms with Gasteiger partial charge in [0.15, 0.2) is 0 Å². The average Bonchev–Trinajstić information content (AvgIpc) is 3.21. The van der Waals surface area contributed by atoms with Crippen molar-refractivity contribution in [3.05, 3.63) is 91.0 Å². The summed E-state index contributed by atoms with van der Waals surface area (Å²) < 4.78 is 12.5. The zero-order valence-electron chi connectivity index (χ0n) is 21.3. The molecule has 0 saturated heterocycles. The fourth-order valence-electron chi connectivity index (χ4n) is 4.75. The van der Waals surface area contributed by atoms with E-state index in [0.29, 0.717) is 7.48 Å². The van der Waals surface area contributed by atoms with E-state index < -0.39 is 0 Å². The van der Waals surface area contributed by atoms with Crippen molar-refractivity contribution in [3.8, 4) is 11.1 Å². The number of benzene rings is 5.